The molecule has 90 valence electrons. The van der Waals surface area contributed by atoms with Gasteiger partial charge in [-0.25, -0.2) is 4.72 Å². The van der Waals surface area contributed by atoms with Gasteiger partial charge in [-0.15, -0.1) is 0 Å². The van der Waals surface area contributed by atoms with Crippen LogP contribution in [-0.4, -0.2) is 27.9 Å². The van der Waals surface area contributed by atoms with E-state index < -0.39 is 29.5 Å². The molecule has 0 aliphatic heterocycles. The lowest BCUT2D eigenvalue weighted by atomic mass is 10.8. The molecule has 0 unspecified atom stereocenters. The number of halogens is 3. The molecule has 0 aromatic carbocycles. The molecule has 0 saturated carbocycles. The minimum atomic E-state index is -5.55. The van der Waals surface area contributed by atoms with Crippen LogP contribution in [0, 0.1) is 0 Å². The van der Waals surface area contributed by atoms with Crippen LogP contribution in [0.2, 0.25) is 25.7 Å². The molecule has 0 atom stereocenters. The van der Waals surface area contributed by atoms with E-state index in [0.29, 0.717) is 0 Å². The number of carbonyl (C=O) groups is 1. The smallest absolute Gasteiger partial charge is 0.274 e. The van der Waals surface area contributed by atoms with Gasteiger partial charge in [-0.3, -0.25) is 4.79 Å². The Labute approximate surface area is 86.9 Å². The van der Waals surface area contributed by atoms with E-state index in [9.17, 15) is 26.4 Å². The maximum Gasteiger partial charge on any atom is 0.516 e. The van der Waals surface area contributed by atoms with Crippen LogP contribution >= 0.6 is 0 Å². The normalized spacial score (nSPS) is 13.7. The second-order valence-corrected chi connectivity index (χ2v) is 11.4. The molecular formula is C6H12F3NO3SSi. The van der Waals surface area contributed by atoms with Crippen LogP contribution in [-0.2, 0) is 14.8 Å². The highest BCUT2D eigenvalue weighted by Gasteiger charge is 2.47. The van der Waals surface area contributed by atoms with Gasteiger partial charge in [0, 0.05) is 6.04 Å². The molecule has 0 spiro atoms. The third kappa shape index (κ3) is 5.16. The zero-order chi connectivity index (χ0) is 12.5. The number of carbonyl (C=O) groups excluding carboxylic acids is 1. The number of amides is 1. The third-order valence-corrected chi connectivity index (χ3v) is 3.73. The topological polar surface area (TPSA) is 63.2 Å². The Hall–Kier alpha value is -0.573. The van der Waals surface area contributed by atoms with Crippen molar-refractivity contribution in [2.75, 3.05) is 0 Å². The lowest BCUT2D eigenvalue weighted by Crippen LogP contribution is -2.42. The first-order chi connectivity index (χ1) is 6.35. The summed E-state index contributed by atoms with van der Waals surface area (Å²) in [4.78, 5) is 11.0. The van der Waals surface area contributed by atoms with Crippen molar-refractivity contribution < 1.29 is 26.4 Å². The van der Waals surface area contributed by atoms with E-state index in [2.05, 4.69) is 0 Å². The lowest BCUT2D eigenvalue weighted by molar-refractivity contribution is -0.118. The molecule has 1 N–H and O–H groups in total. The summed E-state index contributed by atoms with van der Waals surface area (Å²) in [5, 5.41) is 0. The van der Waals surface area contributed by atoms with E-state index in [1.54, 1.807) is 19.6 Å². The van der Waals surface area contributed by atoms with Gasteiger partial charge < -0.3 is 0 Å². The van der Waals surface area contributed by atoms with E-state index >= 15 is 0 Å². The Morgan fingerprint density at radius 1 is 1.27 bits per heavy atom. The van der Waals surface area contributed by atoms with Gasteiger partial charge in [0.25, 0.3) is 0 Å². The van der Waals surface area contributed by atoms with Crippen molar-refractivity contribution in [1.29, 1.82) is 0 Å². The lowest BCUT2D eigenvalue weighted by Gasteiger charge is -2.15. The quantitative estimate of drug-likeness (QED) is 0.780. The third-order valence-electron chi connectivity index (χ3n) is 1.24. The Morgan fingerprint density at radius 3 is 1.93 bits per heavy atom. The zero-order valence-electron chi connectivity index (χ0n) is 8.47. The van der Waals surface area contributed by atoms with Crippen LogP contribution in [0.4, 0.5) is 13.2 Å². The van der Waals surface area contributed by atoms with Crippen molar-refractivity contribution in [1.82, 2.24) is 4.72 Å². The van der Waals surface area contributed by atoms with E-state index in [1.165, 1.54) is 0 Å². The summed E-state index contributed by atoms with van der Waals surface area (Å²) in [5.74, 6) is -1.11. The fourth-order valence-electron chi connectivity index (χ4n) is 0.725. The molecule has 15 heavy (non-hydrogen) atoms. The van der Waals surface area contributed by atoms with E-state index in [0.717, 1.165) is 4.72 Å². The van der Waals surface area contributed by atoms with Crippen LogP contribution < -0.4 is 4.72 Å². The van der Waals surface area contributed by atoms with Gasteiger partial charge in [-0.1, -0.05) is 19.6 Å². The molecule has 0 fully saturated rings. The van der Waals surface area contributed by atoms with Crippen LogP contribution in [0.3, 0.4) is 0 Å². The highest BCUT2D eigenvalue weighted by molar-refractivity contribution is 7.90. The number of hydrogen-bond acceptors (Lipinski definition) is 3. The summed E-state index contributed by atoms with van der Waals surface area (Å²) in [6.45, 7) is 5.23. The molecule has 0 radical (unpaired) electrons. The van der Waals surface area contributed by atoms with Gasteiger partial charge in [0.2, 0.25) is 5.91 Å². The van der Waals surface area contributed by atoms with Gasteiger partial charge >= 0.3 is 15.5 Å². The number of nitrogens with one attached hydrogen (secondary N) is 1. The summed E-state index contributed by atoms with van der Waals surface area (Å²) in [6.07, 6.45) is 0. The van der Waals surface area contributed by atoms with Gasteiger partial charge in [0.15, 0.2) is 0 Å². The van der Waals surface area contributed by atoms with E-state index in [4.69, 9.17) is 0 Å². The van der Waals surface area contributed by atoms with Crippen LogP contribution in [0.25, 0.3) is 0 Å². The van der Waals surface area contributed by atoms with E-state index in [-0.39, 0.29) is 6.04 Å². The predicted octanol–water partition coefficient (Wildman–Crippen LogP) is 1.29. The zero-order valence-corrected chi connectivity index (χ0v) is 10.3. The molecule has 0 aliphatic rings. The maximum absolute atomic E-state index is 11.8. The average molecular weight is 263 g/mol. The van der Waals surface area contributed by atoms with Crippen molar-refractivity contribution in [2.45, 2.75) is 31.2 Å². The summed E-state index contributed by atoms with van der Waals surface area (Å²) < 4.78 is 57.5. The van der Waals surface area contributed by atoms with Crippen LogP contribution in [0.15, 0.2) is 0 Å². The van der Waals surface area contributed by atoms with Gasteiger partial charge in [-0.2, -0.15) is 21.6 Å². The standard InChI is InChI=1S/C6H12F3NO3SSi/c1-15(2,3)4-5(11)10-14(12,13)6(7,8)9/h4H2,1-3H3,(H,10,11). The molecule has 1 amide bonds. The Bertz CT molecular complexity index is 344. The predicted molar refractivity (Wildman–Crippen MR) is 51.3 cm³/mol. The second kappa shape index (κ2) is 4.12. The monoisotopic (exact) mass is 263 g/mol. The highest BCUT2D eigenvalue weighted by Crippen LogP contribution is 2.22. The first kappa shape index (κ1) is 14.4. The van der Waals surface area contributed by atoms with Crippen molar-refractivity contribution in [3.8, 4) is 0 Å². The largest absolute Gasteiger partial charge is 0.516 e. The SMILES string of the molecule is C[Si](C)(C)CC(=O)NS(=O)(=O)C(F)(F)F. The molecule has 0 aromatic rings. The summed E-state index contributed by atoms with van der Waals surface area (Å²) in [6, 6.07) is -0.164. The maximum atomic E-state index is 11.8. The molecule has 0 heterocycles. The summed E-state index contributed by atoms with van der Waals surface area (Å²) in [7, 11) is -7.47. The fraction of sp³-hybridized carbons (Fsp3) is 0.833. The molecule has 0 rings (SSSR count). The van der Waals surface area contributed by atoms with Crippen molar-refractivity contribution in [2.24, 2.45) is 0 Å². The second-order valence-electron chi connectivity index (χ2n) is 4.21. The Kier molecular flexibility index (Phi) is 3.96. The molecule has 9 heteroatoms. The fourth-order valence-corrected chi connectivity index (χ4v) is 2.39. The summed E-state index contributed by atoms with van der Waals surface area (Å²) in [5.41, 5.74) is -5.44. The number of alkyl halides is 3. The molecule has 4 nitrogen and oxygen atoms in total. The van der Waals surface area contributed by atoms with E-state index in [1.807, 2.05) is 0 Å². The first-order valence-electron chi connectivity index (χ1n) is 3.97. The first-order valence-corrected chi connectivity index (χ1v) is 9.16. The molecule has 0 aromatic heterocycles. The Balaban J connectivity index is 4.58. The van der Waals surface area contributed by atoms with Crippen molar-refractivity contribution in [3.63, 3.8) is 0 Å². The molecule has 0 saturated heterocycles. The highest BCUT2D eigenvalue weighted by atomic mass is 32.2. The molecular weight excluding hydrogens is 251 g/mol. The molecule has 0 aliphatic carbocycles. The summed E-state index contributed by atoms with van der Waals surface area (Å²) >= 11 is 0. The number of sulfonamides is 1. The number of rotatable bonds is 3. The van der Waals surface area contributed by atoms with Gasteiger partial charge in [0.05, 0.1) is 8.07 Å². The van der Waals surface area contributed by atoms with Crippen LogP contribution in [0.1, 0.15) is 0 Å². The number of hydrogen-bond donors (Lipinski definition) is 1. The molecule has 0 bridgehead atoms. The average Bonchev–Trinajstić information content (AvgIpc) is 1.75. The van der Waals surface area contributed by atoms with Crippen molar-refractivity contribution in [3.05, 3.63) is 0 Å². The van der Waals surface area contributed by atoms with Gasteiger partial charge in [-0.05, 0) is 0 Å². The minimum Gasteiger partial charge on any atom is -0.274 e. The minimum absolute atomic E-state index is 0.164. The van der Waals surface area contributed by atoms with Gasteiger partial charge in [0.1, 0.15) is 0 Å². The Morgan fingerprint density at radius 2 is 1.67 bits per heavy atom. The van der Waals surface area contributed by atoms with Crippen molar-refractivity contribution >= 4 is 24.0 Å². The van der Waals surface area contributed by atoms with Crippen LogP contribution in [0.5, 0.6) is 0 Å².